The lowest BCUT2D eigenvalue weighted by molar-refractivity contribution is 0.102. The van der Waals surface area contributed by atoms with Gasteiger partial charge in [-0.3, -0.25) is 4.79 Å². The van der Waals surface area contributed by atoms with E-state index in [1.165, 1.54) is 11.8 Å². The molecule has 1 amide bonds. The Kier molecular flexibility index (Phi) is 5.75. The summed E-state index contributed by atoms with van der Waals surface area (Å²) >= 11 is 1.45. The summed E-state index contributed by atoms with van der Waals surface area (Å²) in [6, 6.07) is 14.7. The van der Waals surface area contributed by atoms with Gasteiger partial charge in [0, 0.05) is 17.0 Å². The van der Waals surface area contributed by atoms with E-state index in [1.54, 1.807) is 6.07 Å². The third-order valence-electron chi connectivity index (χ3n) is 3.46. The number of rotatable bonds is 7. The molecule has 8 heteroatoms. The van der Waals surface area contributed by atoms with Gasteiger partial charge in [0.05, 0.1) is 6.61 Å². The first-order valence-corrected chi connectivity index (χ1v) is 9.06. The fraction of sp³-hybridized carbons (Fsp3) is 0.167. The lowest BCUT2D eigenvalue weighted by atomic mass is 10.1. The van der Waals surface area contributed by atoms with Crippen LogP contribution in [0.2, 0.25) is 0 Å². The zero-order valence-corrected chi connectivity index (χ0v) is 15.0. The zero-order chi connectivity index (χ0) is 18.4. The lowest BCUT2D eigenvalue weighted by Crippen LogP contribution is -2.12. The Morgan fingerprint density at radius 3 is 2.77 bits per heavy atom. The molecule has 26 heavy (non-hydrogen) atoms. The van der Waals surface area contributed by atoms with Crippen LogP contribution in [0.15, 0.2) is 53.7 Å². The molecule has 0 aliphatic carbocycles. The van der Waals surface area contributed by atoms with E-state index in [2.05, 4.69) is 20.5 Å². The third kappa shape index (κ3) is 4.76. The van der Waals surface area contributed by atoms with Gasteiger partial charge in [-0.25, -0.2) is 5.10 Å². The molecule has 4 N–H and O–H groups in total. The number of nitrogen functional groups attached to an aromatic ring is 1. The molecule has 3 aromatic rings. The molecule has 0 fully saturated rings. The third-order valence-corrected chi connectivity index (χ3v) is 4.38. The fourth-order valence-corrected chi connectivity index (χ4v) is 3.03. The number of hydrogen-bond acceptors (Lipinski definition) is 6. The highest BCUT2D eigenvalue weighted by Gasteiger charge is 2.08. The number of nitrogens with zero attached hydrogens (tertiary/aromatic N) is 2. The quantitative estimate of drug-likeness (QED) is 0.552. The van der Waals surface area contributed by atoms with Gasteiger partial charge < -0.3 is 15.8 Å². The summed E-state index contributed by atoms with van der Waals surface area (Å²) in [5, 5.41) is 10.0. The van der Waals surface area contributed by atoms with Gasteiger partial charge in [0.25, 0.3) is 5.91 Å². The average molecular weight is 369 g/mol. The van der Waals surface area contributed by atoms with Crippen LogP contribution >= 0.6 is 11.8 Å². The maximum Gasteiger partial charge on any atom is 0.255 e. The normalized spacial score (nSPS) is 10.5. The van der Waals surface area contributed by atoms with Crippen LogP contribution in [0, 0.1) is 0 Å². The smallest absolute Gasteiger partial charge is 0.255 e. The molecular weight excluding hydrogens is 350 g/mol. The minimum Gasteiger partial charge on any atom is -0.494 e. The van der Waals surface area contributed by atoms with E-state index in [9.17, 15) is 4.79 Å². The number of ether oxygens (including phenoxy) is 1. The summed E-state index contributed by atoms with van der Waals surface area (Å²) in [4.78, 5) is 16.5. The molecule has 2 aromatic carbocycles. The van der Waals surface area contributed by atoms with Gasteiger partial charge in [0.1, 0.15) is 5.75 Å². The molecule has 0 unspecified atom stereocenters. The Morgan fingerprint density at radius 2 is 2.08 bits per heavy atom. The SMILES string of the molecule is CCOc1ccc(NC(=O)c2cccc(CSc3n[nH]c(N)n3)c2)cc1. The first-order chi connectivity index (χ1) is 12.6. The topological polar surface area (TPSA) is 106 Å². The number of nitrogens with one attached hydrogen (secondary N) is 2. The number of thioether (sulfide) groups is 1. The number of aromatic nitrogens is 3. The molecule has 1 aromatic heterocycles. The largest absolute Gasteiger partial charge is 0.494 e. The maximum absolute atomic E-state index is 12.5. The molecule has 134 valence electrons. The Labute approximate surface area is 155 Å². The fourth-order valence-electron chi connectivity index (χ4n) is 2.28. The summed E-state index contributed by atoms with van der Waals surface area (Å²) in [5.41, 5.74) is 7.81. The average Bonchev–Trinajstić information content (AvgIpc) is 3.07. The number of benzene rings is 2. The number of carbonyl (C=O) groups is 1. The van der Waals surface area contributed by atoms with E-state index >= 15 is 0 Å². The van der Waals surface area contributed by atoms with E-state index in [0.717, 1.165) is 17.0 Å². The number of anilines is 2. The second-order valence-corrected chi connectivity index (χ2v) is 6.35. The van der Waals surface area contributed by atoms with E-state index < -0.39 is 0 Å². The molecule has 0 saturated carbocycles. The van der Waals surface area contributed by atoms with Gasteiger partial charge in [-0.05, 0) is 48.9 Å². The van der Waals surface area contributed by atoms with Crippen molar-refractivity contribution in [3.05, 3.63) is 59.7 Å². The maximum atomic E-state index is 12.5. The predicted octanol–water partition coefficient (Wildman–Crippen LogP) is 3.33. The highest BCUT2D eigenvalue weighted by Crippen LogP contribution is 2.21. The van der Waals surface area contributed by atoms with Crippen molar-refractivity contribution in [1.82, 2.24) is 15.2 Å². The van der Waals surface area contributed by atoms with Crippen molar-refractivity contribution in [3.63, 3.8) is 0 Å². The number of nitrogens with two attached hydrogens (primary N) is 1. The summed E-state index contributed by atoms with van der Waals surface area (Å²) in [5.74, 6) is 1.54. The molecule has 0 aliphatic rings. The number of aromatic amines is 1. The molecule has 1 heterocycles. The number of carbonyl (C=O) groups excluding carboxylic acids is 1. The van der Waals surface area contributed by atoms with Crippen molar-refractivity contribution in [2.24, 2.45) is 0 Å². The van der Waals surface area contributed by atoms with Crippen molar-refractivity contribution >= 4 is 29.3 Å². The van der Waals surface area contributed by atoms with Gasteiger partial charge in [-0.15, -0.1) is 5.10 Å². The van der Waals surface area contributed by atoms with Gasteiger partial charge in [0.2, 0.25) is 11.1 Å². The van der Waals surface area contributed by atoms with Crippen LogP contribution in [0.3, 0.4) is 0 Å². The summed E-state index contributed by atoms with van der Waals surface area (Å²) in [7, 11) is 0. The van der Waals surface area contributed by atoms with Crippen LogP contribution < -0.4 is 15.8 Å². The van der Waals surface area contributed by atoms with Crippen LogP contribution in [0.25, 0.3) is 0 Å². The monoisotopic (exact) mass is 369 g/mol. The van der Waals surface area contributed by atoms with Gasteiger partial charge in [-0.1, -0.05) is 23.9 Å². The molecule has 0 atom stereocenters. The van der Waals surface area contributed by atoms with Crippen LogP contribution in [0.1, 0.15) is 22.8 Å². The van der Waals surface area contributed by atoms with Gasteiger partial charge in [-0.2, -0.15) is 4.98 Å². The van der Waals surface area contributed by atoms with Crippen molar-refractivity contribution < 1.29 is 9.53 Å². The number of H-pyrrole nitrogens is 1. The number of hydrogen-bond donors (Lipinski definition) is 3. The van der Waals surface area contributed by atoms with E-state index in [4.69, 9.17) is 10.5 Å². The zero-order valence-electron chi connectivity index (χ0n) is 14.2. The van der Waals surface area contributed by atoms with Gasteiger partial charge in [0.15, 0.2) is 0 Å². The second kappa shape index (κ2) is 8.39. The van der Waals surface area contributed by atoms with Gasteiger partial charge >= 0.3 is 0 Å². The van der Waals surface area contributed by atoms with Crippen LogP contribution in [0.4, 0.5) is 11.6 Å². The first kappa shape index (κ1) is 17.8. The van der Waals surface area contributed by atoms with Crippen molar-refractivity contribution in [2.75, 3.05) is 17.7 Å². The van der Waals surface area contributed by atoms with Crippen molar-refractivity contribution in [2.45, 2.75) is 17.8 Å². The van der Waals surface area contributed by atoms with E-state index in [1.807, 2.05) is 49.4 Å². The van der Waals surface area contributed by atoms with Crippen LogP contribution in [-0.4, -0.2) is 27.7 Å². The minimum atomic E-state index is -0.164. The molecule has 0 bridgehead atoms. The highest BCUT2D eigenvalue weighted by molar-refractivity contribution is 7.98. The molecule has 0 radical (unpaired) electrons. The molecular formula is C18H19N5O2S. The lowest BCUT2D eigenvalue weighted by Gasteiger charge is -2.08. The Hall–Kier alpha value is -3.00. The van der Waals surface area contributed by atoms with Crippen molar-refractivity contribution in [3.8, 4) is 5.75 Å². The number of amides is 1. The summed E-state index contributed by atoms with van der Waals surface area (Å²) < 4.78 is 5.40. The van der Waals surface area contributed by atoms with Crippen LogP contribution in [-0.2, 0) is 5.75 Å². The highest BCUT2D eigenvalue weighted by atomic mass is 32.2. The molecule has 0 saturated heterocycles. The standard InChI is InChI=1S/C18H19N5O2S/c1-2-25-15-8-6-14(7-9-15)20-16(24)13-5-3-4-12(10-13)11-26-18-21-17(19)22-23-18/h3-10H,2,11H2,1H3,(H,20,24)(H3,19,21,22,23). The van der Waals surface area contributed by atoms with Crippen LogP contribution in [0.5, 0.6) is 5.75 Å². The summed E-state index contributed by atoms with van der Waals surface area (Å²) in [6.07, 6.45) is 0. The van der Waals surface area contributed by atoms with E-state index in [0.29, 0.717) is 23.1 Å². The molecule has 0 spiro atoms. The molecule has 3 rings (SSSR count). The Bertz CT molecular complexity index is 879. The second-order valence-electron chi connectivity index (χ2n) is 5.40. The van der Waals surface area contributed by atoms with E-state index in [-0.39, 0.29) is 11.9 Å². The molecule has 7 nitrogen and oxygen atoms in total. The Balaban J connectivity index is 1.62. The summed E-state index contributed by atoms with van der Waals surface area (Å²) in [6.45, 7) is 2.54. The van der Waals surface area contributed by atoms with Crippen molar-refractivity contribution in [1.29, 1.82) is 0 Å². The minimum absolute atomic E-state index is 0.164. The molecule has 0 aliphatic heterocycles. The first-order valence-electron chi connectivity index (χ1n) is 8.08. The predicted molar refractivity (Wildman–Crippen MR) is 102 cm³/mol. The Morgan fingerprint density at radius 1 is 1.27 bits per heavy atom.